The second-order valence-electron chi connectivity index (χ2n) is 13.6. The van der Waals surface area contributed by atoms with E-state index in [2.05, 4.69) is 55.6 Å². The van der Waals surface area contributed by atoms with Gasteiger partial charge in [0.2, 0.25) is 5.91 Å². The van der Waals surface area contributed by atoms with Gasteiger partial charge in [0.1, 0.15) is 13.2 Å². The van der Waals surface area contributed by atoms with Crippen LogP contribution in [0.1, 0.15) is 136 Å². The van der Waals surface area contributed by atoms with Crippen molar-refractivity contribution in [2.24, 2.45) is 0 Å². The third kappa shape index (κ3) is 32.8. The van der Waals surface area contributed by atoms with Gasteiger partial charge in [0, 0.05) is 6.42 Å². The van der Waals surface area contributed by atoms with E-state index >= 15 is 0 Å². The standard InChI is InChI=1S/C38H71N2O6P/c1-6-8-10-12-14-16-18-19-20-22-24-26-28-30-32-38(42)39-36(35-46-47(43,44)45-34-33-40(3,4)5)37(41)31-29-27-25-23-21-17-15-13-11-9-7-2/h12,14,18-19,21,23,29,31,36-37,41H,6-11,13,15-17,20,22,24-28,30,32-35H2,1-5H3,(H-,39,42,43,44)/b14-12-,19-18-,23-21+,31-29+. The predicted octanol–water partition coefficient (Wildman–Crippen LogP) is 8.72. The molecule has 0 spiro atoms. The number of quaternary nitrogens is 1. The van der Waals surface area contributed by atoms with Gasteiger partial charge in [-0.2, -0.15) is 0 Å². The van der Waals surface area contributed by atoms with Gasteiger partial charge in [-0.3, -0.25) is 9.36 Å². The average molecular weight is 683 g/mol. The summed E-state index contributed by atoms with van der Waals surface area (Å²) in [5, 5.41) is 13.6. The normalized spacial score (nSPS) is 15.3. The number of allylic oxidation sites excluding steroid dienone is 7. The quantitative estimate of drug-likeness (QED) is 0.0318. The zero-order valence-corrected chi connectivity index (χ0v) is 31.6. The number of carbonyl (C=O) groups excluding carboxylic acids is 1. The highest BCUT2D eigenvalue weighted by molar-refractivity contribution is 7.45. The monoisotopic (exact) mass is 683 g/mol. The number of phosphoric acid groups is 1. The van der Waals surface area contributed by atoms with Crippen molar-refractivity contribution in [2.75, 3.05) is 40.9 Å². The van der Waals surface area contributed by atoms with Crippen LogP contribution in [0.15, 0.2) is 48.6 Å². The predicted molar refractivity (Wildman–Crippen MR) is 196 cm³/mol. The summed E-state index contributed by atoms with van der Waals surface area (Å²) in [7, 11) is 1.22. The molecule has 0 heterocycles. The molecule has 0 aliphatic carbocycles. The van der Waals surface area contributed by atoms with Crippen LogP contribution in [0.2, 0.25) is 0 Å². The van der Waals surface area contributed by atoms with E-state index in [1.54, 1.807) is 6.08 Å². The van der Waals surface area contributed by atoms with Gasteiger partial charge in [0.25, 0.3) is 7.82 Å². The van der Waals surface area contributed by atoms with E-state index < -0.39 is 26.6 Å². The van der Waals surface area contributed by atoms with Crippen LogP contribution in [-0.4, -0.2) is 68.5 Å². The summed E-state index contributed by atoms with van der Waals surface area (Å²) in [6.07, 6.45) is 35.8. The fourth-order valence-electron chi connectivity index (χ4n) is 4.71. The summed E-state index contributed by atoms with van der Waals surface area (Å²) in [5.41, 5.74) is 0. The van der Waals surface area contributed by atoms with Gasteiger partial charge in [-0.15, -0.1) is 0 Å². The van der Waals surface area contributed by atoms with Gasteiger partial charge in [-0.05, 0) is 57.8 Å². The lowest BCUT2D eigenvalue weighted by Crippen LogP contribution is -2.45. The van der Waals surface area contributed by atoms with E-state index in [9.17, 15) is 19.4 Å². The molecule has 0 rings (SSSR count). The van der Waals surface area contributed by atoms with Crippen LogP contribution in [-0.2, 0) is 18.4 Å². The van der Waals surface area contributed by atoms with Crippen LogP contribution >= 0.6 is 7.82 Å². The number of amides is 1. The second-order valence-corrected chi connectivity index (χ2v) is 15.0. The number of rotatable bonds is 32. The number of phosphoric ester groups is 1. The summed E-state index contributed by atoms with van der Waals surface area (Å²) in [6.45, 7) is 4.51. The largest absolute Gasteiger partial charge is 0.756 e. The average Bonchev–Trinajstić information content (AvgIpc) is 3.01. The molecule has 9 heteroatoms. The number of likely N-dealkylation sites (N-methyl/N-ethyl adjacent to an activating group) is 1. The van der Waals surface area contributed by atoms with Crippen molar-refractivity contribution in [3.8, 4) is 0 Å². The molecule has 0 aliphatic heterocycles. The first kappa shape index (κ1) is 45.5. The van der Waals surface area contributed by atoms with Crippen molar-refractivity contribution in [1.29, 1.82) is 0 Å². The molecule has 3 atom stereocenters. The Morgan fingerprint density at radius 3 is 1.91 bits per heavy atom. The van der Waals surface area contributed by atoms with E-state index in [1.807, 2.05) is 27.2 Å². The fourth-order valence-corrected chi connectivity index (χ4v) is 5.43. The molecular weight excluding hydrogens is 611 g/mol. The van der Waals surface area contributed by atoms with Crippen molar-refractivity contribution < 1.29 is 32.9 Å². The number of unbranched alkanes of at least 4 members (excludes halogenated alkanes) is 13. The number of nitrogens with zero attached hydrogens (tertiary/aromatic N) is 1. The van der Waals surface area contributed by atoms with Crippen molar-refractivity contribution in [3.63, 3.8) is 0 Å². The molecule has 47 heavy (non-hydrogen) atoms. The molecule has 8 nitrogen and oxygen atoms in total. The minimum Gasteiger partial charge on any atom is -0.756 e. The summed E-state index contributed by atoms with van der Waals surface area (Å²) in [5.74, 6) is -0.227. The topological polar surface area (TPSA) is 108 Å². The number of hydrogen-bond donors (Lipinski definition) is 2. The third-order valence-corrected chi connectivity index (χ3v) is 8.73. The van der Waals surface area contributed by atoms with E-state index in [4.69, 9.17) is 9.05 Å². The maximum atomic E-state index is 12.7. The van der Waals surface area contributed by atoms with E-state index in [-0.39, 0.29) is 12.5 Å². The molecule has 1 amide bonds. The van der Waals surface area contributed by atoms with E-state index in [0.717, 1.165) is 64.2 Å². The Bertz CT molecular complexity index is 912. The molecule has 0 aromatic rings. The number of carbonyl (C=O) groups is 1. The molecule has 0 aromatic heterocycles. The Balaban J connectivity index is 4.63. The highest BCUT2D eigenvalue weighted by Crippen LogP contribution is 2.38. The smallest absolute Gasteiger partial charge is 0.268 e. The SMILES string of the molecule is CCCC/C=C\C/C=C\CCCCCCCC(=O)NC(COP(=O)([O-])OCC[N+](C)(C)C)C(O)/C=C/CC/C=C/CCCCCCC. The summed E-state index contributed by atoms with van der Waals surface area (Å²) in [4.78, 5) is 25.1. The first-order chi connectivity index (χ1) is 22.5. The minimum absolute atomic E-state index is 0.0111. The van der Waals surface area contributed by atoms with Crippen LogP contribution in [0.5, 0.6) is 0 Å². The molecule has 0 saturated carbocycles. The van der Waals surface area contributed by atoms with Crippen LogP contribution in [0.25, 0.3) is 0 Å². The second kappa shape index (κ2) is 30.5. The van der Waals surface area contributed by atoms with Gasteiger partial charge in [0.15, 0.2) is 0 Å². The van der Waals surface area contributed by atoms with Gasteiger partial charge < -0.3 is 28.8 Å². The minimum atomic E-state index is -4.59. The van der Waals surface area contributed by atoms with Crippen molar-refractivity contribution in [2.45, 2.75) is 148 Å². The highest BCUT2D eigenvalue weighted by Gasteiger charge is 2.23. The molecule has 0 bridgehead atoms. The molecule has 0 saturated heterocycles. The van der Waals surface area contributed by atoms with Crippen molar-refractivity contribution >= 4 is 13.7 Å². The van der Waals surface area contributed by atoms with Gasteiger partial charge in [0.05, 0.1) is 39.9 Å². The molecule has 3 unspecified atom stereocenters. The molecule has 0 aromatic carbocycles. The van der Waals surface area contributed by atoms with Gasteiger partial charge >= 0.3 is 0 Å². The van der Waals surface area contributed by atoms with Crippen molar-refractivity contribution in [1.82, 2.24) is 5.32 Å². The maximum Gasteiger partial charge on any atom is 0.268 e. The molecule has 2 N–H and O–H groups in total. The third-order valence-electron chi connectivity index (χ3n) is 7.76. The molecule has 0 fully saturated rings. The fraction of sp³-hybridized carbons (Fsp3) is 0.763. The number of aliphatic hydroxyl groups is 1. The van der Waals surface area contributed by atoms with Crippen LogP contribution in [0, 0.1) is 0 Å². The summed E-state index contributed by atoms with van der Waals surface area (Å²) in [6, 6.07) is -0.907. The zero-order valence-electron chi connectivity index (χ0n) is 30.7. The van der Waals surface area contributed by atoms with Crippen LogP contribution < -0.4 is 10.2 Å². The summed E-state index contributed by atoms with van der Waals surface area (Å²) >= 11 is 0. The Labute approximate surface area is 289 Å². The zero-order chi connectivity index (χ0) is 35.1. The highest BCUT2D eigenvalue weighted by atomic mass is 31.2. The Kier molecular flexibility index (Phi) is 29.5. The first-order valence-corrected chi connectivity index (χ1v) is 20.0. The molecule has 274 valence electrons. The van der Waals surface area contributed by atoms with Crippen LogP contribution in [0.4, 0.5) is 0 Å². The summed E-state index contributed by atoms with van der Waals surface area (Å²) < 4.78 is 23.0. The lowest BCUT2D eigenvalue weighted by Gasteiger charge is -2.29. The first-order valence-electron chi connectivity index (χ1n) is 18.5. The number of nitrogens with one attached hydrogen (secondary N) is 1. The molecule has 0 radical (unpaired) electrons. The molecular formula is C38H71N2O6P. The van der Waals surface area contributed by atoms with Crippen molar-refractivity contribution in [3.05, 3.63) is 48.6 Å². The lowest BCUT2D eigenvalue weighted by molar-refractivity contribution is -0.870. The number of aliphatic hydroxyl groups excluding tert-OH is 1. The Morgan fingerprint density at radius 2 is 1.28 bits per heavy atom. The maximum absolute atomic E-state index is 12.7. The van der Waals surface area contributed by atoms with E-state index in [0.29, 0.717) is 17.4 Å². The van der Waals surface area contributed by atoms with Gasteiger partial charge in [-0.25, -0.2) is 0 Å². The Morgan fingerprint density at radius 1 is 0.745 bits per heavy atom. The van der Waals surface area contributed by atoms with Gasteiger partial charge in [-0.1, -0.05) is 120 Å². The molecule has 0 aliphatic rings. The number of hydrogen-bond acceptors (Lipinski definition) is 6. The Hall–Kier alpha value is -1.54. The lowest BCUT2D eigenvalue weighted by atomic mass is 10.1. The van der Waals surface area contributed by atoms with Crippen LogP contribution in [0.3, 0.4) is 0 Å². The van der Waals surface area contributed by atoms with E-state index in [1.165, 1.54) is 51.4 Å².